The van der Waals surface area contributed by atoms with Crippen molar-refractivity contribution in [2.75, 3.05) is 13.2 Å². The van der Waals surface area contributed by atoms with E-state index in [4.69, 9.17) is 0 Å². The molecule has 1 aromatic heterocycles. The van der Waals surface area contributed by atoms with Crippen molar-refractivity contribution < 1.29 is 31.7 Å². The molecule has 0 bridgehead atoms. The lowest BCUT2D eigenvalue weighted by atomic mass is 10.1. The summed E-state index contributed by atoms with van der Waals surface area (Å²) in [6, 6.07) is 4.97. The maximum atomic E-state index is 12.4. The van der Waals surface area contributed by atoms with E-state index in [1.165, 1.54) is 24.3 Å². The number of alkyl halides is 4. The Balaban J connectivity index is 2.15. The first-order valence-corrected chi connectivity index (χ1v) is 6.22. The van der Waals surface area contributed by atoms with E-state index in [2.05, 4.69) is 20.0 Å². The first-order chi connectivity index (χ1) is 10.8. The molecule has 2 rings (SSSR count). The first kappa shape index (κ1) is 16.6. The Morgan fingerprint density at radius 1 is 1.17 bits per heavy atom. The van der Waals surface area contributed by atoms with Gasteiger partial charge >= 0.3 is 12.1 Å². The summed E-state index contributed by atoms with van der Waals surface area (Å²) in [6.45, 7) is -1.09. The van der Waals surface area contributed by atoms with Crippen molar-refractivity contribution in [2.45, 2.75) is 6.18 Å². The number of rotatable bonds is 5. The predicted molar refractivity (Wildman–Crippen MR) is 68.1 cm³/mol. The van der Waals surface area contributed by atoms with Gasteiger partial charge in [-0.1, -0.05) is 29.4 Å². The van der Waals surface area contributed by atoms with Crippen LogP contribution in [0.25, 0.3) is 11.4 Å². The number of amides is 1. The normalized spacial score (nSPS) is 11.3. The average Bonchev–Trinajstić information content (AvgIpc) is 3.02. The fourth-order valence-corrected chi connectivity index (χ4v) is 1.60. The second-order valence-corrected chi connectivity index (χ2v) is 4.27. The molecular formula is C13H9F4N3O3. The summed E-state index contributed by atoms with van der Waals surface area (Å²) < 4.78 is 53.1. The zero-order valence-corrected chi connectivity index (χ0v) is 11.4. The smallest absolute Gasteiger partial charge is 0.347 e. The van der Waals surface area contributed by atoms with E-state index in [0.29, 0.717) is 0 Å². The Kier molecular flexibility index (Phi) is 4.72. The van der Waals surface area contributed by atoms with Crippen molar-refractivity contribution in [1.82, 2.24) is 15.5 Å². The van der Waals surface area contributed by atoms with Crippen molar-refractivity contribution in [1.29, 1.82) is 0 Å². The van der Waals surface area contributed by atoms with Crippen LogP contribution in [0, 0.1) is 0 Å². The van der Waals surface area contributed by atoms with Crippen molar-refractivity contribution in [3.8, 4) is 11.4 Å². The quantitative estimate of drug-likeness (QED) is 0.515. The summed E-state index contributed by atoms with van der Waals surface area (Å²) >= 11 is 0. The molecular weight excluding hydrogens is 322 g/mol. The van der Waals surface area contributed by atoms with E-state index in [1.54, 1.807) is 0 Å². The number of halogens is 4. The molecule has 1 heterocycles. The van der Waals surface area contributed by atoms with Gasteiger partial charge in [-0.3, -0.25) is 9.59 Å². The van der Waals surface area contributed by atoms with Gasteiger partial charge in [0, 0.05) is 17.7 Å². The summed E-state index contributed by atoms with van der Waals surface area (Å²) in [7, 11) is 0. The number of hydrogen-bond acceptors (Lipinski definition) is 5. The van der Waals surface area contributed by atoms with Gasteiger partial charge in [0.05, 0.1) is 0 Å². The van der Waals surface area contributed by atoms with Crippen LogP contribution in [-0.2, 0) is 11.0 Å². The topological polar surface area (TPSA) is 85.1 Å². The number of carbonyl (C=O) groups is 2. The van der Waals surface area contributed by atoms with Crippen molar-refractivity contribution in [3.63, 3.8) is 0 Å². The minimum absolute atomic E-state index is 0.00959. The molecule has 1 aromatic carbocycles. The Labute approximate surface area is 126 Å². The number of ketones is 1. The molecule has 2 aromatic rings. The molecule has 0 fully saturated rings. The molecule has 1 N–H and O–H groups in total. The second-order valence-electron chi connectivity index (χ2n) is 4.27. The lowest BCUT2D eigenvalue weighted by molar-refractivity contribution is -0.159. The first-order valence-electron chi connectivity index (χ1n) is 6.22. The van der Waals surface area contributed by atoms with Crippen molar-refractivity contribution in [3.05, 3.63) is 35.7 Å². The van der Waals surface area contributed by atoms with Crippen LogP contribution >= 0.6 is 0 Å². The number of Topliss-reactive ketones (excluding diaryl/α,β-unsaturated/α-hetero) is 1. The Bertz CT molecular complexity index is 710. The third-order valence-electron chi connectivity index (χ3n) is 2.66. The molecule has 0 unspecified atom stereocenters. The predicted octanol–water partition coefficient (Wildman–Crippen LogP) is 2.02. The summed E-state index contributed by atoms with van der Waals surface area (Å²) in [5.41, 5.74) is 0.162. The fourth-order valence-electron chi connectivity index (χ4n) is 1.60. The minimum Gasteiger partial charge on any atom is -0.347 e. The number of nitrogens with zero attached hydrogens (tertiary/aromatic N) is 2. The van der Waals surface area contributed by atoms with E-state index in [9.17, 15) is 27.2 Å². The molecule has 0 saturated heterocycles. The summed E-state index contributed by atoms with van der Waals surface area (Å²) in [5.74, 6) is -3.67. The monoisotopic (exact) mass is 331 g/mol. The Morgan fingerprint density at radius 3 is 2.35 bits per heavy atom. The van der Waals surface area contributed by atoms with Gasteiger partial charge in [0.2, 0.25) is 11.6 Å². The van der Waals surface area contributed by atoms with E-state index >= 15 is 0 Å². The van der Waals surface area contributed by atoms with Gasteiger partial charge in [0.15, 0.2) is 0 Å². The number of hydrogen-bond donors (Lipinski definition) is 1. The highest BCUT2D eigenvalue weighted by Gasteiger charge is 2.38. The molecule has 0 aliphatic heterocycles. The summed E-state index contributed by atoms with van der Waals surface area (Å²) in [5, 5.41) is 5.26. The van der Waals surface area contributed by atoms with E-state index in [0.717, 1.165) is 0 Å². The maximum absolute atomic E-state index is 12.4. The van der Waals surface area contributed by atoms with E-state index < -0.39 is 30.4 Å². The molecule has 0 radical (unpaired) electrons. The zero-order chi connectivity index (χ0) is 17.0. The molecule has 1 amide bonds. The lowest BCUT2D eigenvalue weighted by Gasteiger charge is -2.02. The third kappa shape index (κ3) is 3.90. The van der Waals surface area contributed by atoms with Crippen LogP contribution in [0.5, 0.6) is 0 Å². The molecule has 0 spiro atoms. The molecule has 0 saturated carbocycles. The van der Waals surface area contributed by atoms with Crippen molar-refractivity contribution in [2.24, 2.45) is 0 Å². The summed E-state index contributed by atoms with van der Waals surface area (Å²) in [4.78, 5) is 26.3. The van der Waals surface area contributed by atoms with Gasteiger partial charge in [0.1, 0.15) is 6.67 Å². The number of aromatic nitrogens is 2. The van der Waals surface area contributed by atoms with Gasteiger partial charge in [-0.2, -0.15) is 18.2 Å². The highest BCUT2D eigenvalue weighted by molar-refractivity contribution is 6.42. The van der Waals surface area contributed by atoms with Gasteiger partial charge in [-0.05, 0) is 0 Å². The Hall–Kier alpha value is -2.78. The van der Waals surface area contributed by atoms with Gasteiger partial charge in [0.25, 0.3) is 5.91 Å². The van der Waals surface area contributed by atoms with Crippen LogP contribution in [0.15, 0.2) is 28.8 Å². The second kappa shape index (κ2) is 6.55. The number of carbonyl (C=O) groups excluding carboxylic acids is 2. The van der Waals surface area contributed by atoms with E-state index in [-0.39, 0.29) is 23.5 Å². The molecule has 10 heteroatoms. The van der Waals surface area contributed by atoms with Crippen LogP contribution in [-0.4, -0.2) is 35.1 Å². The SMILES string of the molecule is O=C(NCCF)C(=O)c1ccc(-c2noc(C(F)(F)F)n2)cc1. The molecule has 122 valence electrons. The number of nitrogens with one attached hydrogen (secondary N) is 1. The van der Waals surface area contributed by atoms with Crippen LogP contribution < -0.4 is 5.32 Å². The minimum atomic E-state index is -4.75. The lowest BCUT2D eigenvalue weighted by Crippen LogP contribution is -2.32. The fraction of sp³-hybridized carbons (Fsp3) is 0.231. The molecule has 0 aliphatic carbocycles. The standard InChI is InChI=1S/C13H9F4N3O3/c14-5-6-18-11(22)9(21)7-1-3-8(4-2-7)10-19-12(23-20-10)13(15,16)17/h1-4H,5-6H2,(H,18,22). The third-order valence-corrected chi connectivity index (χ3v) is 2.66. The van der Waals surface area contributed by atoms with Gasteiger partial charge in [-0.25, -0.2) is 4.39 Å². The summed E-state index contributed by atoms with van der Waals surface area (Å²) in [6.07, 6.45) is -4.75. The van der Waals surface area contributed by atoms with Crippen LogP contribution in [0.1, 0.15) is 16.2 Å². The molecule has 23 heavy (non-hydrogen) atoms. The number of benzene rings is 1. The average molecular weight is 331 g/mol. The van der Waals surface area contributed by atoms with Crippen LogP contribution in [0.3, 0.4) is 0 Å². The zero-order valence-electron chi connectivity index (χ0n) is 11.4. The highest BCUT2D eigenvalue weighted by Crippen LogP contribution is 2.29. The van der Waals surface area contributed by atoms with Crippen LogP contribution in [0.4, 0.5) is 17.6 Å². The molecule has 0 atom stereocenters. The Morgan fingerprint density at radius 2 is 1.83 bits per heavy atom. The van der Waals surface area contributed by atoms with Gasteiger partial charge < -0.3 is 9.84 Å². The highest BCUT2D eigenvalue weighted by atomic mass is 19.4. The molecule has 6 nitrogen and oxygen atoms in total. The van der Waals surface area contributed by atoms with Gasteiger partial charge in [-0.15, -0.1) is 0 Å². The molecule has 0 aliphatic rings. The van der Waals surface area contributed by atoms with E-state index in [1.807, 2.05) is 0 Å². The largest absolute Gasteiger partial charge is 0.471 e. The maximum Gasteiger partial charge on any atom is 0.471 e. The van der Waals surface area contributed by atoms with Crippen LogP contribution in [0.2, 0.25) is 0 Å². The van der Waals surface area contributed by atoms with Crippen molar-refractivity contribution >= 4 is 11.7 Å².